The molecule has 0 radical (unpaired) electrons. The van der Waals surface area contributed by atoms with E-state index in [0.717, 1.165) is 25.7 Å². The van der Waals surface area contributed by atoms with Crippen LogP contribution in [0.25, 0.3) is 0 Å². The molecule has 6 heteroatoms. The van der Waals surface area contributed by atoms with Crippen molar-refractivity contribution in [3.8, 4) is 0 Å². The molecule has 2 fully saturated rings. The van der Waals surface area contributed by atoms with Gasteiger partial charge in [-0.25, -0.2) is 0 Å². The number of rotatable bonds is 5. The number of primary amides is 1. The summed E-state index contributed by atoms with van der Waals surface area (Å²) in [4.78, 5) is 38.1. The Morgan fingerprint density at radius 3 is 2.64 bits per heavy atom. The van der Waals surface area contributed by atoms with Gasteiger partial charge in [-0.2, -0.15) is 0 Å². The van der Waals surface area contributed by atoms with Gasteiger partial charge < -0.3 is 11.1 Å². The number of benzene rings is 1. The molecule has 6 nitrogen and oxygen atoms in total. The van der Waals surface area contributed by atoms with Crippen molar-refractivity contribution >= 4 is 23.3 Å². The van der Waals surface area contributed by atoms with Gasteiger partial charge in [0.1, 0.15) is 0 Å². The molecule has 1 heterocycles. The SMILES string of the molecule is CC(=O)c1ccccc1NC(=O)CN1C(C(N)=O)CC2CCCCC21. The average Bonchev–Trinajstić information content (AvgIpc) is 2.94. The first-order valence-electron chi connectivity index (χ1n) is 8.92. The Morgan fingerprint density at radius 1 is 1.20 bits per heavy atom. The van der Waals surface area contributed by atoms with Gasteiger partial charge in [0.2, 0.25) is 11.8 Å². The summed E-state index contributed by atoms with van der Waals surface area (Å²) in [6.07, 6.45) is 5.15. The largest absolute Gasteiger partial charge is 0.368 e. The van der Waals surface area contributed by atoms with Gasteiger partial charge in [-0.3, -0.25) is 19.3 Å². The predicted molar refractivity (Wildman–Crippen MR) is 95.1 cm³/mol. The number of nitrogens with one attached hydrogen (secondary N) is 1. The molecule has 25 heavy (non-hydrogen) atoms. The maximum atomic E-state index is 12.6. The van der Waals surface area contributed by atoms with Crippen molar-refractivity contribution < 1.29 is 14.4 Å². The Kier molecular flexibility index (Phi) is 5.18. The fraction of sp³-hybridized carbons (Fsp3) is 0.526. The lowest BCUT2D eigenvalue weighted by atomic mass is 9.84. The number of fused-ring (bicyclic) bond motifs is 1. The minimum absolute atomic E-state index is 0.0978. The third kappa shape index (κ3) is 3.74. The van der Waals surface area contributed by atoms with Crippen LogP contribution >= 0.6 is 0 Å². The van der Waals surface area contributed by atoms with E-state index >= 15 is 0 Å². The van der Waals surface area contributed by atoms with E-state index in [0.29, 0.717) is 17.2 Å². The Bertz CT molecular complexity index is 688. The zero-order chi connectivity index (χ0) is 18.0. The highest BCUT2D eigenvalue weighted by Gasteiger charge is 2.44. The summed E-state index contributed by atoms with van der Waals surface area (Å²) >= 11 is 0. The first kappa shape index (κ1) is 17.6. The molecule has 134 valence electrons. The van der Waals surface area contributed by atoms with E-state index < -0.39 is 0 Å². The first-order chi connectivity index (χ1) is 12.0. The lowest BCUT2D eigenvalue weighted by Gasteiger charge is -2.32. The minimum Gasteiger partial charge on any atom is -0.368 e. The second kappa shape index (κ2) is 7.35. The van der Waals surface area contributed by atoms with Crippen molar-refractivity contribution in [3.05, 3.63) is 29.8 Å². The van der Waals surface area contributed by atoms with Gasteiger partial charge in [0.15, 0.2) is 5.78 Å². The average molecular weight is 343 g/mol. The molecule has 0 bridgehead atoms. The Hall–Kier alpha value is -2.21. The number of amides is 2. The second-order valence-corrected chi connectivity index (χ2v) is 7.09. The van der Waals surface area contributed by atoms with Crippen LogP contribution in [0.2, 0.25) is 0 Å². The Balaban J connectivity index is 1.73. The number of para-hydroxylation sites is 1. The topological polar surface area (TPSA) is 92.5 Å². The molecule has 1 aromatic carbocycles. The van der Waals surface area contributed by atoms with E-state index in [1.54, 1.807) is 24.3 Å². The number of nitrogens with zero attached hydrogens (tertiary/aromatic N) is 1. The summed E-state index contributed by atoms with van der Waals surface area (Å²) < 4.78 is 0. The van der Waals surface area contributed by atoms with Crippen molar-refractivity contribution in [2.75, 3.05) is 11.9 Å². The molecule has 2 aliphatic rings. The minimum atomic E-state index is -0.373. The third-order valence-corrected chi connectivity index (χ3v) is 5.46. The van der Waals surface area contributed by atoms with Crippen LogP contribution in [0.1, 0.15) is 49.4 Å². The number of anilines is 1. The van der Waals surface area contributed by atoms with Gasteiger partial charge in [0.25, 0.3) is 0 Å². The number of likely N-dealkylation sites (tertiary alicyclic amines) is 1. The molecule has 0 aromatic heterocycles. The molecule has 0 spiro atoms. The molecule has 3 unspecified atom stereocenters. The van der Waals surface area contributed by atoms with Crippen LogP contribution in [0.3, 0.4) is 0 Å². The fourth-order valence-electron chi connectivity index (χ4n) is 4.31. The smallest absolute Gasteiger partial charge is 0.238 e. The Morgan fingerprint density at radius 2 is 1.92 bits per heavy atom. The normalized spacial score (nSPS) is 26.0. The van der Waals surface area contributed by atoms with E-state index in [2.05, 4.69) is 5.32 Å². The molecule has 1 aliphatic heterocycles. The van der Waals surface area contributed by atoms with E-state index in [9.17, 15) is 14.4 Å². The van der Waals surface area contributed by atoms with Crippen molar-refractivity contribution in [2.45, 2.75) is 51.1 Å². The zero-order valence-corrected chi connectivity index (χ0v) is 14.5. The maximum absolute atomic E-state index is 12.6. The molecule has 3 N–H and O–H groups in total. The summed E-state index contributed by atoms with van der Waals surface area (Å²) in [7, 11) is 0. The van der Waals surface area contributed by atoms with E-state index in [-0.39, 0.29) is 36.2 Å². The molecule has 2 amide bonds. The highest BCUT2D eigenvalue weighted by atomic mass is 16.2. The molecule has 3 atom stereocenters. The molecular formula is C19H25N3O3. The van der Waals surface area contributed by atoms with Crippen LogP contribution in [0, 0.1) is 5.92 Å². The van der Waals surface area contributed by atoms with Crippen LogP contribution in [-0.2, 0) is 9.59 Å². The summed E-state index contributed by atoms with van der Waals surface area (Å²) in [6.45, 7) is 1.60. The van der Waals surface area contributed by atoms with Crippen molar-refractivity contribution in [1.82, 2.24) is 4.90 Å². The summed E-state index contributed by atoms with van der Waals surface area (Å²) in [5.41, 5.74) is 6.57. The summed E-state index contributed by atoms with van der Waals surface area (Å²) in [5, 5.41) is 2.82. The van der Waals surface area contributed by atoms with Crippen LogP contribution in [0.15, 0.2) is 24.3 Å². The Labute approximate surface area is 147 Å². The number of hydrogen-bond donors (Lipinski definition) is 2. The highest BCUT2D eigenvalue weighted by molar-refractivity contribution is 6.04. The number of hydrogen-bond acceptors (Lipinski definition) is 4. The van der Waals surface area contributed by atoms with Gasteiger partial charge >= 0.3 is 0 Å². The van der Waals surface area contributed by atoms with Crippen LogP contribution in [-0.4, -0.2) is 41.1 Å². The quantitative estimate of drug-likeness (QED) is 0.799. The van der Waals surface area contributed by atoms with Gasteiger partial charge in [-0.1, -0.05) is 25.0 Å². The standard InChI is InChI=1S/C19H25N3O3/c1-12(23)14-7-3-4-8-15(14)21-18(24)11-22-16-9-5-2-6-13(16)10-17(22)19(20)25/h3-4,7-8,13,16-17H,2,5-6,9-11H2,1H3,(H2,20,25)(H,21,24). The molecule has 3 rings (SSSR count). The lowest BCUT2D eigenvalue weighted by Crippen LogP contribution is -2.48. The van der Waals surface area contributed by atoms with Crippen molar-refractivity contribution in [2.24, 2.45) is 11.7 Å². The van der Waals surface area contributed by atoms with Crippen LogP contribution < -0.4 is 11.1 Å². The van der Waals surface area contributed by atoms with Gasteiger partial charge in [0.05, 0.1) is 18.3 Å². The van der Waals surface area contributed by atoms with Crippen LogP contribution in [0.4, 0.5) is 5.69 Å². The molecule has 1 aliphatic carbocycles. The van der Waals surface area contributed by atoms with Crippen LogP contribution in [0.5, 0.6) is 0 Å². The predicted octanol–water partition coefficient (Wildman–Crippen LogP) is 1.95. The third-order valence-electron chi connectivity index (χ3n) is 5.46. The monoisotopic (exact) mass is 343 g/mol. The molecule has 1 saturated heterocycles. The summed E-state index contributed by atoms with van der Waals surface area (Å²) in [6, 6.07) is 6.83. The molecule has 1 aromatic rings. The zero-order valence-electron chi connectivity index (χ0n) is 14.5. The first-order valence-corrected chi connectivity index (χ1v) is 8.92. The lowest BCUT2D eigenvalue weighted by molar-refractivity contribution is -0.124. The molecule has 1 saturated carbocycles. The van der Waals surface area contributed by atoms with Gasteiger partial charge in [0, 0.05) is 11.6 Å². The number of carbonyl (C=O) groups is 3. The summed E-state index contributed by atoms with van der Waals surface area (Å²) in [5.74, 6) is -0.222. The second-order valence-electron chi connectivity index (χ2n) is 7.09. The number of nitrogens with two attached hydrogens (primary N) is 1. The van der Waals surface area contributed by atoms with E-state index in [4.69, 9.17) is 5.73 Å². The van der Waals surface area contributed by atoms with E-state index in [1.165, 1.54) is 13.3 Å². The maximum Gasteiger partial charge on any atom is 0.238 e. The highest BCUT2D eigenvalue weighted by Crippen LogP contribution is 2.39. The number of ketones is 1. The van der Waals surface area contributed by atoms with Crippen molar-refractivity contribution in [3.63, 3.8) is 0 Å². The van der Waals surface area contributed by atoms with E-state index in [1.807, 2.05) is 4.90 Å². The van der Waals surface area contributed by atoms with Gasteiger partial charge in [-0.15, -0.1) is 0 Å². The fourth-order valence-corrected chi connectivity index (χ4v) is 4.31. The number of carbonyl (C=O) groups excluding carboxylic acids is 3. The van der Waals surface area contributed by atoms with Gasteiger partial charge in [-0.05, 0) is 44.2 Å². The van der Waals surface area contributed by atoms with Crippen molar-refractivity contribution in [1.29, 1.82) is 0 Å². The molecular weight excluding hydrogens is 318 g/mol. The number of Topliss-reactive ketones (excluding diaryl/α,β-unsaturated/α-hetero) is 1.